The van der Waals surface area contributed by atoms with Gasteiger partial charge in [0, 0.05) is 6.20 Å². The van der Waals surface area contributed by atoms with Gasteiger partial charge in [0.15, 0.2) is 0 Å². The maximum absolute atomic E-state index is 12.8. The number of piperazine rings is 1. The van der Waals surface area contributed by atoms with E-state index in [0.717, 1.165) is 37.8 Å². The lowest BCUT2D eigenvalue weighted by atomic mass is 9.79. The Morgan fingerprint density at radius 2 is 2.05 bits per heavy atom. The fourth-order valence-electron chi connectivity index (χ4n) is 3.32. The van der Waals surface area contributed by atoms with Crippen LogP contribution in [0.3, 0.4) is 0 Å². The van der Waals surface area contributed by atoms with Crippen LogP contribution >= 0.6 is 0 Å². The molecule has 1 aliphatic heterocycles. The van der Waals surface area contributed by atoms with E-state index in [4.69, 9.17) is 0 Å². The summed E-state index contributed by atoms with van der Waals surface area (Å²) in [6.45, 7) is 2.30. The number of carbonyl (C=O) groups excluding carboxylic acids is 2. The summed E-state index contributed by atoms with van der Waals surface area (Å²) in [5.74, 6) is 0.647. The number of hydrogen-bond acceptors (Lipinski definition) is 4. The van der Waals surface area contributed by atoms with Crippen LogP contribution in [0.25, 0.3) is 0 Å². The van der Waals surface area contributed by atoms with Crippen molar-refractivity contribution >= 4 is 11.8 Å². The SMILES string of the molecule is Cc1nccc(CN2CC(=O)NC3(CCCCC3)C2=O)n1. The third-order valence-electron chi connectivity index (χ3n) is 4.30. The van der Waals surface area contributed by atoms with Crippen molar-refractivity contribution in [3.63, 3.8) is 0 Å². The molecule has 2 heterocycles. The summed E-state index contributed by atoms with van der Waals surface area (Å²) in [7, 11) is 0. The van der Waals surface area contributed by atoms with Crippen LogP contribution in [0.1, 0.15) is 43.6 Å². The summed E-state index contributed by atoms with van der Waals surface area (Å²) < 4.78 is 0. The van der Waals surface area contributed by atoms with Gasteiger partial charge in [0.05, 0.1) is 12.2 Å². The van der Waals surface area contributed by atoms with Crippen LogP contribution in [0, 0.1) is 6.92 Å². The molecule has 1 N–H and O–H groups in total. The van der Waals surface area contributed by atoms with Crippen molar-refractivity contribution in [2.24, 2.45) is 0 Å². The molecule has 3 rings (SSSR count). The molecule has 1 aromatic heterocycles. The van der Waals surface area contributed by atoms with E-state index in [1.165, 1.54) is 0 Å². The second kappa shape index (κ2) is 5.42. The fraction of sp³-hybridized carbons (Fsp3) is 0.600. The third kappa shape index (κ3) is 2.75. The second-order valence-electron chi connectivity index (χ2n) is 5.95. The molecule has 0 unspecified atom stereocenters. The Bertz CT molecular complexity index is 567. The van der Waals surface area contributed by atoms with Crippen molar-refractivity contribution in [2.75, 3.05) is 6.54 Å². The van der Waals surface area contributed by atoms with E-state index in [2.05, 4.69) is 15.3 Å². The Hall–Kier alpha value is -1.98. The highest BCUT2D eigenvalue weighted by Crippen LogP contribution is 2.32. The smallest absolute Gasteiger partial charge is 0.249 e. The Labute approximate surface area is 124 Å². The molecule has 2 aliphatic rings. The van der Waals surface area contributed by atoms with Gasteiger partial charge in [-0.05, 0) is 25.8 Å². The van der Waals surface area contributed by atoms with Crippen molar-refractivity contribution in [1.29, 1.82) is 0 Å². The highest BCUT2D eigenvalue weighted by Gasteiger charge is 2.46. The lowest BCUT2D eigenvalue weighted by Crippen LogP contribution is -2.66. The number of amides is 2. The lowest BCUT2D eigenvalue weighted by molar-refractivity contribution is -0.152. The van der Waals surface area contributed by atoms with Gasteiger partial charge in [0.1, 0.15) is 17.9 Å². The number of hydrogen-bond donors (Lipinski definition) is 1. The lowest BCUT2D eigenvalue weighted by Gasteiger charge is -2.44. The largest absolute Gasteiger partial charge is 0.340 e. The highest BCUT2D eigenvalue weighted by molar-refractivity contribution is 5.98. The van der Waals surface area contributed by atoms with Gasteiger partial charge in [-0.25, -0.2) is 9.97 Å². The molecule has 2 fully saturated rings. The summed E-state index contributed by atoms with van der Waals surface area (Å²) in [5, 5.41) is 2.95. The second-order valence-corrected chi connectivity index (χ2v) is 5.95. The molecular weight excluding hydrogens is 268 g/mol. The van der Waals surface area contributed by atoms with Crippen molar-refractivity contribution in [2.45, 2.75) is 51.1 Å². The quantitative estimate of drug-likeness (QED) is 0.879. The van der Waals surface area contributed by atoms with Crippen LogP contribution in [0.4, 0.5) is 0 Å². The minimum Gasteiger partial charge on any atom is -0.340 e. The van der Waals surface area contributed by atoms with E-state index in [9.17, 15) is 9.59 Å². The van der Waals surface area contributed by atoms with Gasteiger partial charge in [-0.3, -0.25) is 9.59 Å². The summed E-state index contributed by atoms with van der Waals surface area (Å²) >= 11 is 0. The minimum atomic E-state index is -0.671. The van der Waals surface area contributed by atoms with Crippen LogP contribution < -0.4 is 5.32 Å². The predicted octanol–water partition coefficient (Wildman–Crippen LogP) is 0.946. The van der Waals surface area contributed by atoms with Crippen molar-refractivity contribution in [1.82, 2.24) is 20.2 Å². The zero-order valence-corrected chi connectivity index (χ0v) is 12.3. The molecule has 6 nitrogen and oxygen atoms in total. The standard InChI is InChI=1S/C15H20N4O2/c1-11-16-8-5-12(17-11)9-19-10-13(20)18-15(14(19)21)6-3-2-4-7-15/h5,8H,2-4,6-7,9-10H2,1H3,(H,18,20). The van der Waals surface area contributed by atoms with Crippen LogP contribution in [-0.4, -0.2) is 38.8 Å². The van der Waals surface area contributed by atoms with E-state index in [1.807, 2.05) is 6.92 Å². The van der Waals surface area contributed by atoms with Crippen molar-refractivity contribution in [3.8, 4) is 0 Å². The monoisotopic (exact) mass is 288 g/mol. The van der Waals surface area contributed by atoms with Gasteiger partial charge < -0.3 is 10.2 Å². The maximum atomic E-state index is 12.8. The average Bonchev–Trinajstić information content (AvgIpc) is 2.45. The summed E-state index contributed by atoms with van der Waals surface area (Å²) in [5.41, 5.74) is 0.104. The van der Waals surface area contributed by atoms with E-state index in [-0.39, 0.29) is 18.4 Å². The van der Waals surface area contributed by atoms with E-state index < -0.39 is 5.54 Å². The molecule has 1 saturated carbocycles. The molecule has 1 saturated heterocycles. The molecule has 0 bridgehead atoms. The van der Waals surface area contributed by atoms with Crippen LogP contribution in [0.5, 0.6) is 0 Å². The minimum absolute atomic E-state index is 0.0399. The maximum Gasteiger partial charge on any atom is 0.249 e. The zero-order chi connectivity index (χ0) is 14.9. The van der Waals surface area contributed by atoms with Crippen LogP contribution in [0.15, 0.2) is 12.3 Å². The molecule has 112 valence electrons. The van der Waals surface area contributed by atoms with Gasteiger partial charge in [-0.1, -0.05) is 19.3 Å². The first-order chi connectivity index (χ1) is 10.1. The van der Waals surface area contributed by atoms with Crippen LogP contribution in [-0.2, 0) is 16.1 Å². The molecule has 1 aliphatic carbocycles. The molecule has 0 atom stereocenters. The van der Waals surface area contributed by atoms with Gasteiger partial charge in [0.2, 0.25) is 11.8 Å². The molecule has 21 heavy (non-hydrogen) atoms. The molecule has 2 amide bonds. The molecule has 6 heteroatoms. The molecule has 0 aromatic carbocycles. The van der Waals surface area contributed by atoms with Gasteiger partial charge >= 0.3 is 0 Å². The fourth-order valence-corrected chi connectivity index (χ4v) is 3.32. The normalized spacial score (nSPS) is 21.5. The van der Waals surface area contributed by atoms with Crippen LogP contribution in [0.2, 0.25) is 0 Å². The Morgan fingerprint density at radius 3 is 2.76 bits per heavy atom. The molecule has 0 radical (unpaired) electrons. The summed E-state index contributed by atoms with van der Waals surface area (Å²) in [6, 6.07) is 1.79. The number of rotatable bonds is 2. The topological polar surface area (TPSA) is 75.2 Å². The van der Waals surface area contributed by atoms with Gasteiger partial charge in [-0.15, -0.1) is 0 Å². The van der Waals surface area contributed by atoms with E-state index in [1.54, 1.807) is 17.2 Å². The van der Waals surface area contributed by atoms with Gasteiger partial charge in [-0.2, -0.15) is 0 Å². The Balaban J connectivity index is 1.81. The Morgan fingerprint density at radius 1 is 1.29 bits per heavy atom. The first-order valence-electron chi connectivity index (χ1n) is 7.48. The predicted molar refractivity (Wildman–Crippen MR) is 76.1 cm³/mol. The molecule has 1 spiro atoms. The van der Waals surface area contributed by atoms with Crippen molar-refractivity contribution in [3.05, 3.63) is 23.8 Å². The van der Waals surface area contributed by atoms with Gasteiger partial charge in [0.25, 0.3) is 0 Å². The molecular formula is C15H20N4O2. The first kappa shape index (κ1) is 14.0. The zero-order valence-electron chi connectivity index (χ0n) is 12.3. The van der Waals surface area contributed by atoms with E-state index >= 15 is 0 Å². The Kier molecular flexibility index (Phi) is 3.61. The third-order valence-corrected chi connectivity index (χ3v) is 4.30. The average molecular weight is 288 g/mol. The number of carbonyl (C=O) groups is 2. The molecule has 1 aromatic rings. The highest BCUT2D eigenvalue weighted by atomic mass is 16.2. The summed E-state index contributed by atoms with van der Waals surface area (Å²) in [6.07, 6.45) is 6.30. The number of nitrogens with one attached hydrogen (secondary N) is 1. The number of aromatic nitrogens is 2. The summed E-state index contributed by atoms with van der Waals surface area (Å²) in [4.78, 5) is 34.8. The van der Waals surface area contributed by atoms with Crippen molar-refractivity contribution < 1.29 is 9.59 Å². The number of aryl methyl sites for hydroxylation is 1. The number of nitrogens with zero attached hydrogens (tertiary/aromatic N) is 3. The first-order valence-corrected chi connectivity index (χ1v) is 7.48. The van der Waals surface area contributed by atoms with E-state index in [0.29, 0.717) is 12.4 Å².